The number of urea groups is 1. The number of aryl methyl sites for hydroxylation is 1. The maximum absolute atomic E-state index is 12.3. The van der Waals surface area contributed by atoms with Crippen molar-refractivity contribution >= 4 is 28.7 Å². The number of nitrogens with one attached hydrogen (secondary N) is 1. The van der Waals surface area contributed by atoms with Crippen LogP contribution in [-0.2, 0) is 7.05 Å². The Labute approximate surface area is 144 Å². The van der Waals surface area contributed by atoms with Crippen LogP contribution in [0.3, 0.4) is 0 Å². The van der Waals surface area contributed by atoms with Crippen molar-refractivity contribution < 1.29 is 4.79 Å². The van der Waals surface area contributed by atoms with Crippen molar-refractivity contribution in [1.29, 1.82) is 0 Å². The Hall–Kier alpha value is -3.23. The Bertz CT molecular complexity index is 886. The lowest BCUT2D eigenvalue weighted by Crippen LogP contribution is -2.50. The average Bonchev–Trinajstić information content (AvgIpc) is 3.04. The van der Waals surface area contributed by atoms with Gasteiger partial charge < -0.3 is 9.80 Å². The van der Waals surface area contributed by atoms with E-state index in [1.165, 1.54) is 0 Å². The highest BCUT2D eigenvalue weighted by Gasteiger charge is 2.24. The van der Waals surface area contributed by atoms with E-state index in [1.807, 2.05) is 19.2 Å². The second-order valence-corrected chi connectivity index (χ2v) is 5.82. The van der Waals surface area contributed by atoms with Gasteiger partial charge in [-0.1, -0.05) is 6.07 Å². The Morgan fingerprint density at radius 2 is 1.96 bits per heavy atom. The first-order valence-electron chi connectivity index (χ1n) is 8.07. The maximum atomic E-state index is 12.3. The van der Waals surface area contributed by atoms with E-state index in [0.29, 0.717) is 32.0 Å². The van der Waals surface area contributed by atoms with Crippen molar-refractivity contribution in [2.75, 3.05) is 36.4 Å². The van der Waals surface area contributed by atoms with Gasteiger partial charge in [0.25, 0.3) is 0 Å². The zero-order valence-electron chi connectivity index (χ0n) is 13.8. The SMILES string of the molecule is Cn1ncc2c(N3CCN(C(=O)Nc4ccccn4)CC3)ncnc21. The molecule has 0 radical (unpaired) electrons. The predicted molar refractivity (Wildman–Crippen MR) is 93.3 cm³/mol. The first-order valence-corrected chi connectivity index (χ1v) is 8.07. The van der Waals surface area contributed by atoms with Gasteiger partial charge in [-0.15, -0.1) is 0 Å². The summed E-state index contributed by atoms with van der Waals surface area (Å²) < 4.78 is 1.73. The fourth-order valence-corrected chi connectivity index (χ4v) is 2.95. The van der Waals surface area contributed by atoms with Crippen LogP contribution in [-0.4, -0.2) is 61.8 Å². The molecule has 0 aliphatic carbocycles. The molecule has 0 spiro atoms. The van der Waals surface area contributed by atoms with Crippen LogP contribution in [0.2, 0.25) is 0 Å². The Morgan fingerprint density at radius 1 is 1.12 bits per heavy atom. The van der Waals surface area contributed by atoms with Gasteiger partial charge in [-0.2, -0.15) is 5.10 Å². The van der Waals surface area contributed by atoms with Gasteiger partial charge >= 0.3 is 6.03 Å². The molecule has 0 unspecified atom stereocenters. The number of nitrogens with zero attached hydrogens (tertiary/aromatic N) is 7. The molecule has 2 amide bonds. The van der Waals surface area contributed by atoms with E-state index >= 15 is 0 Å². The second kappa shape index (κ2) is 6.34. The lowest BCUT2D eigenvalue weighted by atomic mass is 10.3. The number of rotatable bonds is 2. The third kappa shape index (κ3) is 2.95. The minimum Gasteiger partial charge on any atom is -0.352 e. The number of hydrogen-bond donors (Lipinski definition) is 1. The van der Waals surface area contributed by atoms with Gasteiger partial charge in [0.15, 0.2) is 5.65 Å². The number of aromatic nitrogens is 5. The van der Waals surface area contributed by atoms with Crippen LogP contribution < -0.4 is 10.2 Å². The second-order valence-electron chi connectivity index (χ2n) is 5.82. The van der Waals surface area contributed by atoms with Crippen molar-refractivity contribution in [3.8, 4) is 0 Å². The monoisotopic (exact) mass is 338 g/mol. The molecule has 0 bridgehead atoms. The Balaban J connectivity index is 1.43. The highest BCUT2D eigenvalue weighted by molar-refractivity contribution is 5.89. The smallest absolute Gasteiger partial charge is 0.323 e. The first kappa shape index (κ1) is 15.3. The molecule has 3 aromatic rings. The van der Waals surface area contributed by atoms with Crippen LogP contribution in [0.4, 0.5) is 16.4 Å². The molecule has 1 N–H and O–H groups in total. The molecule has 1 aliphatic rings. The van der Waals surface area contributed by atoms with Crippen molar-refractivity contribution in [3.63, 3.8) is 0 Å². The van der Waals surface area contributed by atoms with Crippen LogP contribution in [0.15, 0.2) is 36.9 Å². The van der Waals surface area contributed by atoms with Gasteiger partial charge in [-0.3, -0.25) is 10.00 Å². The van der Waals surface area contributed by atoms with Crippen molar-refractivity contribution in [1.82, 2.24) is 29.6 Å². The lowest BCUT2D eigenvalue weighted by molar-refractivity contribution is 0.208. The van der Waals surface area contributed by atoms with Crippen LogP contribution in [0.5, 0.6) is 0 Å². The molecule has 1 fully saturated rings. The summed E-state index contributed by atoms with van der Waals surface area (Å²) in [5.74, 6) is 1.42. The van der Waals surface area contributed by atoms with E-state index in [9.17, 15) is 4.79 Å². The number of anilines is 2. The molecule has 25 heavy (non-hydrogen) atoms. The zero-order chi connectivity index (χ0) is 17.2. The Kier molecular flexibility index (Phi) is 3.88. The third-order valence-corrected chi connectivity index (χ3v) is 4.27. The van der Waals surface area contributed by atoms with Crippen molar-refractivity contribution in [2.45, 2.75) is 0 Å². The molecule has 128 valence electrons. The van der Waals surface area contributed by atoms with Gasteiger partial charge in [0, 0.05) is 39.4 Å². The van der Waals surface area contributed by atoms with E-state index in [0.717, 1.165) is 16.9 Å². The molecule has 4 rings (SSSR count). The molecule has 9 nitrogen and oxygen atoms in total. The minimum atomic E-state index is -0.132. The summed E-state index contributed by atoms with van der Waals surface area (Å²) >= 11 is 0. The summed E-state index contributed by atoms with van der Waals surface area (Å²) in [6.07, 6.45) is 4.99. The first-order chi connectivity index (χ1) is 12.2. The fourth-order valence-electron chi connectivity index (χ4n) is 2.95. The number of amides is 2. The number of hydrogen-bond acceptors (Lipinski definition) is 6. The lowest BCUT2D eigenvalue weighted by Gasteiger charge is -2.35. The molecule has 0 saturated carbocycles. The molecule has 1 aliphatic heterocycles. The molecular weight excluding hydrogens is 320 g/mol. The molecule has 0 aromatic carbocycles. The molecular formula is C16H18N8O. The van der Waals surface area contributed by atoms with E-state index in [2.05, 4.69) is 30.3 Å². The van der Waals surface area contributed by atoms with Gasteiger partial charge in [0.05, 0.1) is 11.6 Å². The van der Waals surface area contributed by atoms with E-state index in [1.54, 1.807) is 34.4 Å². The van der Waals surface area contributed by atoms with Gasteiger partial charge in [-0.05, 0) is 12.1 Å². The van der Waals surface area contributed by atoms with Crippen molar-refractivity contribution in [2.24, 2.45) is 7.05 Å². The van der Waals surface area contributed by atoms with Crippen LogP contribution in [0, 0.1) is 0 Å². The number of fused-ring (bicyclic) bond motifs is 1. The molecule has 9 heteroatoms. The number of piperazine rings is 1. The van der Waals surface area contributed by atoms with Crippen LogP contribution in [0.1, 0.15) is 0 Å². The quantitative estimate of drug-likeness (QED) is 0.753. The summed E-state index contributed by atoms with van der Waals surface area (Å²) in [6.45, 7) is 2.64. The highest BCUT2D eigenvalue weighted by Crippen LogP contribution is 2.23. The van der Waals surface area contributed by atoms with E-state index in [-0.39, 0.29) is 6.03 Å². The Morgan fingerprint density at radius 3 is 2.72 bits per heavy atom. The number of pyridine rings is 1. The molecule has 1 saturated heterocycles. The summed E-state index contributed by atoms with van der Waals surface area (Å²) in [5, 5.41) is 7.99. The summed E-state index contributed by atoms with van der Waals surface area (Å²) in [5.41, 5.74) is 0.806. The normalized spacial score (nSPS) is 14.8. The number of carbonyl (C=O) groups is 1. The number of carbonyl (C=O) groups excluding carboxylic acids is 1. The largest absolute Gasteiger partial charge is 0.352 e. The average molecular weight is 338 g/mol. The molecule has 0 atom stereocenters. The zero-order valence-corrected chi connectivity index (χ0v) is 13.8. The highest BCUT2D eigenvalue weighted by atomic mass is 16.2. The van der Waals surface area contributed by atoms with E-state index < -0.39 is 0 Å². The summed E-state index contributed by atoms with van der Waals surface area (Å²) in [4.78, 5) is 29.1. The predicted octanol–water partition coefficient (Wildman–Crippen LogP) is 1.11. The van der Waals surface area contributed by atoms with Gasteiger partial charge in [-0.25, -0.2) is 19.7 Å². The summed E-state index contributed by atoms with van der Waals surface area (Å²) in [7, 11) is 1.86. The van der Waals surface area contributed by atoms with Crippen LogP contribution in [0.25, 0.3) is 11.0 Å². The fraction of sp³-hybridized carbons (Fsp3) is 0.312. The molecule has 4 heterocycles. The molecule has 3 aromatic heterocycles. The van der Waals surface area contributed by atoms with Gasteiger partial charge in [0.2, 0.25) is 0 Å². The third-order valence-electron chi connectivity index (χ3n) is 4.27. The van der Waals surface area contributed by atoms with Crippen molar-refractivity contribution in [3.05, 3.63) is 36.9 Å². The summed E-state index contributed by atoms with van der Waals surface area (Å²) in [6, 6.07) is 5.30. The maximum Gasteiger partial charge on any atom is 0.323 e. The van der Waals surface area contributed by atoms with Gasteiger partial charge in [0.1, 0.15) is 18.0 Å². The van der Waals surface area contributed by atoms with E-state index in [4.69, 9.17) is 0 Å². The van der Waals surface area contributed by atoms with Crippen LogP contribution >= 0.6 is 0 Å². The topological polar surface area (TPSA) is 92.1 Å². The standard InChI is InChI=1S/C16H18N8O/c1-22-14-12(10-20-22)15(19-11-18-14)23-6-8-24(9-7-23)16(25)21-13-4-2-3-5-17-13/h2-5,10-11H,6-9H2,1H3,(H,17,21,25). The minimum absolute atomic E-state index is 0.132.